The van der Waals surface area contributed by atoms with Gasteiger partial charge in [0.15, 0.2) is 0 Å². The standard InChI is InChI=1S/C7H10ClN3OS/c1-4(7(9)12)10-3-6-11-2-5(8)13-6/h2,4,10H,3H2,1H3,(H2,9,12). The Bertz CT molecular complexity index is 302. The normalized spacial score (nSPS) is 12.8. The van der Waals surface area contributed by atoms with Gasteiger partial charge in [-0.15, -0.1) is 11.3 Å². The number of aromatic nitrogens is 1. The molecule has 1 heterocycles. The average molecular weight is 220 g/mol. The molecule has 0 radical (unpaired) electrons. The number of amides is 1. The van der Waals surface area contributed by atoms with E-state index in [-0.39, 0.29) is 11.9 Å². The van der Waals surface area contributed by atoms with Crippen LogP contribution in [0.25, 0.3) is 0 Å². The highest BCUT2D eigenvalue weighted by Gasteiger charge is 2.08. The second-order valence-corrected chi connectivity index (χ2v) is 4.31. The molecular formula is C7H10ClN3OS. The van der Waals surface area contributed by atoms with Gasteiger partial charge < -0.3 is 5.73 Å². The SMILES string of the molecule is CC(NCc1ncc(Cl)s1)C(N)=O. The van der Waals surface area contributed by atoms with Crippen LogP contribution in [0.3, 0.4) is 0 Å². The Morgan fingerprint density at radius 3 is 3.08 bits per heavy atom. The molecule has 1 amide bonds. The number of nitrogens with two attached hydrogens (primary N) is 1. The number of carbonyl (C=O) groups excluding carboxylic acids is 1. The maximum atomic E-state index is 10.6. The Morgan fingerprint density at radius 2 is 2.62 bits per heavy atom. The monoisotopic (exact) mass is 219 g/mol. The summed E-state index contributed by atoms with van der Waals surface area (Å²) in [7, 11) is 0. The number of nitrogens with one attached hydrogen (secondary N) is 1. The van der Waals surface area contributed by atoms with Gasteiger partial charge in [0.05, 0.1) is 12.2 Å². The van der Waals surface area contributed by atoms with Crippen molar-refractivity contribution in [3.05, 3.63) is 15.5 Å². The zero-order chi connectivity index (χ0) is 9.84. The average Bonchev–Trinajstić information content (AvgIpc) is 2.47. The molecule has 1 aromatic rings. The predicted octanol–water partition coefficient (Wildman–Crippen LogP) is 0.760. The van der Waals surface area contributed by atoms with Gasteiger partial charge in [-0.25, -0.2) is 4.98 Å². The molecule has 0 saturated carbocycles. The highest BCUT2D eigenvalue weighted by molar-refractivity contribution is 7.15. The van der Waals surface area contributed by atoms with Crippen LogP contribution in [0.5, 0.6) is 0 Å². The Morgan fingerprint density at radius 1 is 1.92 bits per heavy atom. The summed E-state index contributed by atoms with van der Waals surface area (Å²) in [5.41, 5.74) is 5.06. The van der Waals surface area contributed by atoms with Crippen molar-refractivity contribution in [2.45, 2.75) is 19.5 Å². The van der Waals surface area contributed by atoms with E-state index >= 15 is 0 Å². The molecule has 1 unspecified atom stereocenters. The summed E-state index contributed by atoms with van der Waals surface area (Å²) in [5, 5.41) is 3.77. The van der Waals surface area contributed by atoms with Crippen LogP contribution in [0.15, 0.2) is 6.20 Å². The molecule has 72 valence electrons. The lowest BCUT2D eigenvalue weighted by atomic mass is 10.3. The van der Waals surface area contributed by atoms with Crippen LogP contribution in [0, 0.1) is 0 Å². The number of halogens is 1. The maximum absolute atomic E-state index is 10.6. The molecule has 3 N–H and O–H groups in total. The van der Waals surface area contributed by atoms with Gasteiger partial charge in [0, 0.05) is 6.54 Å². The smallest absolute Gasteiger partial charge is 0.234 e. The fourth-order valence-corrected chi connectivity index (χ4v) is 1.62. The topological polar surface area (TPSA) is 68.0 Å². The third-order valence-corrected chi connectivity index (χ3v) is 2.63. The lowest BCUT2D eigenvalue weighted by molar-refractivity contribution is -0.119. The van der Waals surface area contributed by atoms with Gasteiger partial charge in [0.2, 0.25) is 5.91 Å². The van der Waals surface area contributed by atoms with Crippen LogP contribution >= 0.6 is 22.9 Å². The first-order valence-electron chi connectivity index (χ1n) is 3.72. The van der Waals surface area contributed by atoms with Crippen molar-refractivity contribution in [1.29, 1.82) is 0 Å². The summed E-state index contributed by atoms with van der Waals surface area (Å²) in [4.78, 5) is 14.7. The Hall–Kier alpha value is -0.650. The van der Waals surface area contributed by atoms with Crippen molar-refractivity contribution in [3.63, 3.8) is 0 Å². The van der Waals surface area contributed by atoms with Gasteiger partial charge in [-0.1, -0.05) is 11.6 Å². The molecule has 0 aliphatic heterocycles. The second kappa shape index (κ2) is 4.55. The number of thiazole rings is 1. The van der Waals surface area contributed by atoms with Gasteiger partial charge in [0.1, 0.15) is 9.34 Å². The van der Waals surface area contributed by atoms with E-state index in [0.717, 1.165) is 5.01 Å². The summed E-state index contributed by atoms with van der Waals surface area (Å²) in [6.07, 6.45) is 1.58. The van der Waals surface area contributed by atoms with Gasteiger partial charge >= 0.3 is 0 Å². The Labute approximate surface area is 85.1 Å². The molecule has 0 bridgehead atoms. The lowest BCUT2D eigenvalue weighted by Crippen LogP contribution is -2.38. The van der Waals surface area contributed by atoms with Gasteiger partial charge in [-0.05, 0) is 6.92 Å². The van der Waals surface area contributed by atoms with E-state index in [1.54, 1.807) is 13.1 Å². The van der Waals surface area contributed by atoms with Crippen LogP contribution in [0.2, 0.25) is 4.34 Å². The molecule has 0 aliphatic carbocycles. The van der Waals surface area contributed by atoms with E-state index in [1.807, 2.05) is 0 Å². The van der Waals surface area contributed by atoms with Crippen LogP contribution in [0.4, 0.5) is 0 Å². The van der Waals surface area contributed by atoms with Crippen LogP contribution < -0.4 is 11.1 Å². The van der Waals surface area contributed by atoms with Gasteiger partial charge in [-0.2, -0.15) is 0 Å². The fraction of sp³-hybridized carbons (Fsp3) is 0.429. The van der Waals surface area contributed by atoms with Crippen molar-refractivity contribution < 1.29 is 4.79 Å². The number of primary amides is 1. The van der Waals surface area contributed by atoms with Crippen LogP contribution in [-0.4, -0.2) is 16.9 Å². The molecule has 4 nitrogen and oxygen atoms in total. The second-order valence-electron chi connectivity index (χ2n) is 2.56. The molecule has 0 aliphatic rings. The molecule has 1 aromatic heterocycles. The molecule has 1 rings (SSSR count). The Balaban J connectivity index is 2.39. The van der Waals surface area contributed by atoms with Crippen molar-refractivity contribution in [2.24, 2.45) is 5.73 Å². The summed E-state index contributed by atoms with van der Waals surface area (Å²) in [5.74, 6) is -0.373. The van der Waals surface area contributed by atoms with Gasteiger partial charge in [0.25, 0.3) is 0 Å². The largest absolute Gasteiger partial charge is 0.368 e. The first-order valence-corrected chi connectivity index (χ1v) is 4.92. The number of rotatable bonds is 4. The molecule has 0 aromatic carbocycles. The summed E-state index contributed by atoms with van der Waals surface area (Å²) >= 11 is 7.06. The fourth-order valence-electron chi connectivity index (χ4n) is 0.711. The number of carbonyl (C=O) groups is 1. The zero-order valence-electron chi connectivity index (χ0n) is 7.08. The third-order valence-electron chi connectivity index (χ3n) is 1.51. The van der Waals surface area contributed by atoms with Crippen molar-refractivity contribution in [3.8, 4) is 0 Å². The zero-order valence-corrected chi connectivity index (χ0v) is 8.65. The quantitative estimate of drug-likeness (QED) is 0.786. The minimum absolute atomic E-state index is 0.345. The van der Waals surface area contributed by atoms with Crippen molar-refractivity contribution >= 4 is 28.8 Å². The predicted molar refractivity (Wildman–Crippen MR) is 52.6 cm³/mol. The first kappa shape index (κ1) is 10.4. The van der Waals surface area contributed by atoms with E-state index in [9.17, 15) is 4.79 Å². The molecule has 0 saturated heterocycles. The summed E-state index contributed by atoms with van der Waals surface area (Å²) < 4.78 is 0.642. The molecule has 13 heavy (non-hydrogen) atoms. The number of nitrogens with zero attached hydrogens (tertiary/aromatic N) is 1. The Kier molecular flexibility index (Phi) is 3.65. The van der Waals surface area contributed by atoms with Crippen molar-refractivity contribution in [2.75, 3.05) is 0 Å². The molecule has 1 atom stereocenters. The summed E-state index contributed by atoms with van der Waals surface area (Å²) in [6, 6.07) is -0.345. The lowest BCUT2D eigenvalue weighted by Gasteiger charge is -2.07. The van der Waals surface area contributed by atoms with Gasteiger partial charge in [-0.3, -0.25) is 10.1 Å². The highest BCUT2D eigenvalue weighted by atomic mass is 35.5. The molecule has 6 heteroatoms. The molecule has 0 spiro atoms. The molecule has 0 fully saturated rings. The number of hydrogen-bond donors (Lipinski definition) is 2. The maximum Gasteiger partial charge on any atom is 0.234 e. The number of hydrogen-bond acceptors (Lipinski definition) is 4. The molecular weight excluding hydrogens is 210 g/mol. The van der Waals surface area contributed by atoms with Crippen LogP contribution in [0.1, 0.15) is 11.9 Å². The van der Waals surface area contributed by atoms with E-state index in [2.05, 4.69) is 10.3 Å². The minimum Gasteiger partial charge on any atom is -0.368 e. The van der Waals surface area contributed by atoms with E-state index in [0.29, 0.717) is 10.9 Å². The van der Waals surface area contributed by atoms with Crippen molar-refractivity contribution in [1.82, 2.24) is 10.3 Å². The minimum atomic E-state index is -0.373. The third kappa shape index (κ3) is 3.30. The van der Waals surface area contributed by atoms with E-state index in [4.69, 9.17) is 17.3 Å². The van der Waals surface area contributed by atoms with Crippen LogP contribution in [-0.2, 0) is 11.3 Å². The van der Waals surface area contributed by atoms with E-state index in [1.165, 1.54) is 11.3 Å². The highest BCUT2D eigenvalue weighted by Crippen LogP contribution is 2.17. The summed E-state index contributed by atoms with van der Waals surface area (Å²) in [6.45, 7) is 2.22. The first-order chi connectivity index (χ1) is 6.09. The van der Waals surface area contributed by atoms with E-state index < -0.39 is 0 Å².